The van der Waals surface area contributed by atoms with Gasteiger partial charge in [0.15, 0.2) is 0 Å². The Hall–Kier alpha value is -0.410. The third-order valence-electron chi connectivity index (χ3n) is 2.59. The molecule has 0 aliphatic heterocycles. The lowest BCUT2D eigenvalue weighted by Gasteiger charge is -2.16. The largest absolute Gasteiger partial charge is 0.308 e. The molecule has 1 aromatic rings. The quantitative estimate of drug-likeness (QED) is 0.830. The van der Waals surface area contributed by atoms with Gasteiger partial charge in [0.1, 0.15) is 0 Å². The van der Waals surface area contributed by atoms with Gasteiger partial charge in [-0.1, -0.05) is 13.8 Å². The van der Waals surface area contributed by atoms with E-state index >= 15 is 0 Å². The molecule has 2 nitrogen and oxygen atoms in total. The molecule has 0 aromatic carbocycles. The predicted octanol–water partition coefficient (Wildman–Crippen LogP) is 2.89. The van der Waals surface area contributed by atoms with Crippen LogP contribution in [0, 0.1) is 19.8 Å². The highest BCUT2D eigenvalue weighted by molar-refractivity contribution is 7.11. The summed E-state index contributed by atoms with van der Waals surface area (Å²) in [7, 11) is 0. The van der Waals surface area contributed by atoms with Gasteiger partial charge in [0.05, 0.1) is 10.7 Å². The van der Waals surface area contributed by atoms with Gasteiger partial charge in [0.25, 0.3) is 0 Å². The summed E-state index contributed by atoms with van der Waals surface area (Å²) in [6.45, 7) is 11.8. The van der Waals surface area contributed by atoms with E-state index in [1.54, 1.807) is 11.3 Å². The van der Waals surface area contributed by atoms with E-state index in [9.17, 15) is 0 Å². The van der Waals surface area contributed by atoms with Crippen LogP contribution in [0.25, 0.3) is 0 Å². The lowest BCUT2D eigenvalue weighted by atomic mass is 10.1. The average Bonchev–Trinajstić information content (AvgIpc) is 2.40. The molecule has 0 aliphatic rings. The highest BCUT2D eigenvalue weighted by atomic mass is 32.1. The molecule has 14 heavy (non-hydrogen) atoms. The molecule has 3 heteroatoms. The topological polar surface area (TPSA) is 24.9 Å². The van der Waals surface area contributed by atoms with Crippen LogP contribution in [0.1, 0.15) is 36.3 Å². The van der Waals surface area contributed by atoms with Crippen LogP contribution in [-0.4, -0.2) is 11.0 Å². The monoisotopic (exact) mass is 212 g/mol. The molecule has 0 aliphatic carbocycles. The van der Waals surface area contributed by atoms with Gasteiger partial charge in [-0.2, -0.15) is 0 Å². The summed E-state index contributed by atoms with van der Waals surface area (Å²) in [4.78, 5) is 5.84. The van der Waals surface area contributed by atoms with Crippen molar-refractivity contribution in [3.8, 4) is 0 Å². The number of rotatable bonds is 4. The maximum atomic E-state index is 4.50. The molecule has 0 saturated carbocycles. The molecular weight excluding hydrogens is 192 g/mol. The van der Waals surface area contributed by atoms with Gasteiger partial charge < -0.3 is 5.32 Å². The van der Waals surface area contributed by atoms with E-state index in [2.05, 4.69) is 44.9 Å². The number of aromatic nitrogens is 1. The van der Waals surface area contributed by atoms with Gasteiger partial charge in [-0.05, 0) is 26.7 Å². The third-order valence-corrected chi connectivity index (χ3v) is 3.52. The van der Waals surface area contributed by atoms with E-state index < -0.39 is 0 Å². The Morgan fingerprint density at radius 1 is 1.29 bits per heavy atom. The first-order valence-corrected chi connectivity index (χ1v) is 5.98. The normalized spacial score (nSPS) is 13.6. The number of aryl methyl sites for hydroxylation is 2. The Morgan fingerprint density at radius 2 is 1.93 bits per heavy atom. The molecule has 0 spiro atoms. The number of hydrogen-bond acceptors (Lipinski definition) is 3. The van der Waals surface area contributed by atoms with Crippen LogP contribution < -0.4 is 5.32 Å². The van der Waals surface area contributed by atoms with Crippen LogP contribution in [-0.2, 0) is 6.54 Å². The van der Waals surface area contributed by atoms with Crippen molar-refractivity contribution in [1.82, 2.24) is 10.3 Å². The second kappa shape index (κ2) is 4.89. The Kier molecular flexibility index (Phi) is 4.08. The molecule has 1 heterocycles. The number of hydrogen-bond donors (Lipinski definition) is 1. The SMILES string of the molecule is Cc1nc(CNC(C)C(C)C)c(C)s1. The number of thiazole rings is 1. The summed E-state index contributed by atoms with van der Waals surface area (Å²) < 4.78 is 0. The molecule has 80 valence electrons. The third kappa shape index (κ3) is 3.07. The van der Waals surface area contributed by atoms with Gasteiger partial charge >= 0.3 is 0 Å². The van der Waals surface area contributed by atoms with Crippen molar-refractivity contribution in [2.75, 3.05) is 0 Å². The van der Waals surface area contributed by atoms with Crippen molar-refractivity contribution in [3.63, 3.8) is 0 Å². The lowest BCUT2D eigenvalue weighted by molar-refractivity contribution is 0.424. The first-order chi connectivity index (χ1) is 6.50. The first kappa shape index (κ1) is 11.7. The zero-order valence-corrected chi connectivity index (χ0v) is 10.5. The highest BCUT2D eigenvalue weighted by Gasteiger charge is 2.09. The lowest BCUT2D eigenvalue weighted by Crippen LogP contribution is -2.30. The maximum Gasteiger partial charge on any atom is 0.0900 e. The fourth-order valence-corrected chi connectivity index (χ4v) is 2.06. The standard InChI is InChI=1S/C11H20N2S/c1-7(2)8(3)12-6-11-9(4)14-10(5)13-11/h7-8,12H,6H2,1-5H3. The van der Waals surface area contributed by atoms with Crippen LogP contribution in [0.4, 0.5) is 0 Å². The summed E-state index contributed by atoms with van der Waals surface area (Å²) in [6, 6.07) is 0.552. The van der Waals surface area contributed by atoms with Crippen LogP contribution in [0.5, 0.6) is 0 Å². The van der Waals surface area contributed by atoms with Crippen molar-refractivity contribution in [2.45, 2.75) is 47.2 Å². The molecule has 1 atom stereocenters. The van der Waals surface area contributed by atoms with E-state index in [4.69, 9.17) is 0 Å². The van der Waals surface area contributed by atoms with Crippen molar-refractivity contribution >= 4 is 11.3 Å². The molecule has 1 N–H and O–H groups in total. The minimum atomic E-state index is 0.552. The van der Waals surface area contributed by atoms with Crippen LogP contribution in [0.15, 0.2) is 0 Å². The summed E-state index contributed by atoms with van der Waals surface area (Å²) in [6.07, 6.45) is 0. The second-order valence-corrected chi connectivity index (χ2v) is 5.56. The van der Waals surface area contributed by atoms with Gasteiger partial charge in [0.2, 0.25) is 0 Å². The Morgan fingerprint density at radius 3 is 2.36 bits per heavy atom. The summed E-state index contributed by atoms with van der Waals surface area (Å²) in [5, 5.41) is 4.66. The molecule has 0 saturated heterocycles. The highest BCUT2D eigenvalue weighted by Crippen LogP contribution is 2.16. The minimum absolute atomic E-state index is 0.552. The van der Waals surface area contributed by atoms with Crippen LogP contribution in [0.3, 0.4) is 0 Å². The van der Waals surface area contributed by atoms with E-state index in [1.807, 2.05) is 0 Å². The van der Waals surface area contributed by atoms with Crippen LogP contribution in [0.2, 0.25) is 0 Å². The van der Waals surface area contributed by atoms with E-state index in [0.29, 0.717) is 12.0 Å². The van der Waals surface area contributed by atoms with Crippen molar-refractivity contribution in [1.29, 1.82) is 0 Å². The van der Waals surface area contributed by atoms with Gasteiger partial charge in [-0.25, -0.2) is 4.98 Å². The fourth-order valence-electron chi connectivity index (χ4n) is 1.23. The van der Waals surface area contributed by atoms with E-state index in [1.165, 1.54) is 10.6 Å². The fraction of sp³-hybridized carbons (Fsp3) is 0.727. The van der Waals surface area contributed by atoms with Gasteiger partial charge in [0, 0.05) is 17.5 Å². The second-order valence-electron chi connectivity index (χ2n) is 4.15. The van der Waals surface area contributed by atoms with E-state index in [-0.39, 0.29) is 0 Å². The number of nitrogens with zero attached hydrogens (tertiary/aromatic N) is 1. The Balaban J connectivity index is 2.49. The molecule has 1 rings (SSSR count). The molecule has 1 aromatic heterocycles. The van der Waals surface area contributed by atoms with Crippen molar-refractivity contribution in [3.05, 3.63) is 15.6 Å². The molecule has 0 amide bonds. The van der Waals surface area contributed by atoms with Gasteiger partial charge in [-0.3, -0.25) is 0 Å². The zero-order valence-electron chi connectivity index (χ0n) is 9.72. The predicted molar refractivity (Wildman–Crippen MR) is 62.7 cm³/mol. The molecule has 0 radical (unpaired) electrons. The molecule has 0 fully saturated rings. The van der Waals surface area contributed by atoms with Crippen molar-refractivity contribution < 1.29 is 0 Å². The van der Waals surface area contributed by atoms with Gasteiger partial charge in [-0.15, -0.1) is 11.3 Å². The maximum absolute atomic E-state index is 4.50. The summed E-state index contributed by atoms with van der Waals surface area (Å²) >= 11 is 1.78. The van der Waals surface area contributed by atoms with Crippen LogP contribution >= 0.6 is 11.3 Å². The molecular formula is C11H20N2S. The minimum Gasteiger partial charge on any atom is -0.308 e. The molecule has 0 bridgehead atoms. The Labute approximate surface area is 90.8 Å². The van der Waals surface area contributed by atoms with E-state index in [0.717, 1.165) is 11.6 Å². The first-order valence-electron chi connectivity index (χ1n) is 5.17. The smallest absolute Gasteiger partial charge is 0.0900 e. The van der Waals surface area contributed by atoms with Crippen molar-refractivity contribution in [2.24, 2.45) is 5.92 Å². The number of nitrogens with one attached hydrogen (secondary N) is 1. The Bertz CT molecular complexity index is 291. The summed E-state index contributed by atoms with van der Waals surface area (Å²) in [5.41, 5.74) is 1.21. The zero-order chi connectivity index (χ0) is 10.7. The molecule has 1 unspecified atom stereocenters. The summed E-state index contributed by atoms with van der Waals surface area (Å²) in [5.74, 6) is 0.676. The average molecular weight is 212 g/mol.